The normalized spacial score (nSPS) is 11.0. The molecule has 0 aliphatic carbocycles. The van der Waals surface area contributed by atoms with Crippen LogP contribution in [0.15, 0.2) is 22.7 Å². The highest BCUT2D eigenvalue weighted by molar-refractivity contribution is 9.10. The quantitative estimate of drug-likeness (QED) is 0.874. The Kier molecular flexibility index (Phi) is 5.49. The van der Waals surface area contributed by atoms with Crippen molar-refractivity contribution in [3.05, 3.63) is 28.2 Å². The van der Waals surface area contributed by atoms with E-state index in [4.69, 9.17) is 5.11 Å². The van der Waals surface area contributed by atoms with Crippen LogP contribution in [0.2, 0.25) is 0 Å². The zero-order valence-corrected chi connectivity index (χ0v) is 11.2. The Morgan fingerprint density at radius 3 is 2.78 bits per heavy atom. The number of likely N-dealkylation sites (N-methyl/N-ethyl adjacent to an activating group) is 1. The molecule has 1 aromatic rings. The predicted octanol–water partition coefficient (Wildman–Crippen LogP) is 2.57. The van der Waals surface area contributed by atoms with Crippen LogP contribution in [0.4, 0.5) is 8.78 Å². The number of halogens is 3. The maximum atomic E-state index is 12.2. The van der Waals surface area contributed by atoms with Crippen LogP contribution in [-0.4, -0.2) is 36.2 Å². The van der Waals surface area contributed by atoms with Gasteiger partial charge < -0.3 is 9.84 Å². The Balaban J connectivity index is 2.84. The first kappa shape index (κ1) is 14.8. The van der Waals surface area contributed by atoms with E-state index in [1.54, 1.807) is 19.2 Å². The van der Waals surface area contributed by atoms with Gasteiger partial charge in [0.2, 0.25) is 0 Å². The molecule has 18 heavy (non-hydrogen) atoms. The van der Waals surface area contributed by atoms with E-state index in [1.165, 1.54) is 11.0 Å². The van der Waals surface area contributed by atoms with Gasteiger partial charge in [0.25, 0.3) is 0 Å². The third-order valence-electron chi connectivity index (χ3n) is 2.08. The molecule has 0 fully saturated rings. The lowest BCUT2D eigenvalue weighted by Gasteiger charge is -2.17. The molecule has 1 rings (SSSR count). The number of carboxylic acid groups (broad SMARTS) is 1. The monoisotopic (exact) mass is 323 g/mol. The largest absolute Gasteiger partial charge is 0.480 e. The van der Waals surface area contributed by atoms with Crippen molar-refractivity contribution in [1.82, 2.24) is 4.90 Å². The third-order valence-corrected chi connectivity index (χ3v) is 2.58. The molecule has 0 bridgehead atoms. The van der Waals surface area contributed by atoms with Gasteiger partial charge >= 0.3 is 12.6 Å². The number of ether oxygens (including phenoxy) is 1. The molecule has 100 valence electrons. The zero-order chi connectivity index (χ0) is 13.7. The van der Waals surface area contributed by atoms with Gasteiger partial charge in [0.15, 0.2) is 0 Å². The summed E-state index contributed by atoms with van der Waals surface area (Å²) < 4.78 is 29.5. The average molecular weight is 324 g/mol. The number of nitrogens with zero attached hydrogens (tertiary/aromatic N) is 1. The van der Waals surface area contributed by atoms with E-state index in [0.717, 1.165) is 0 Å². The van der Waals surface area contributed by atoms with E-state index in [1.807, 2.05) is 0 Å². The maximum absolute atomic E-state index is 12.2. The molecule has 0 radical (unpaired) electrons. The molecule has 0 spiro atoms. The summed E-state index contributed by atoms with van der Waals surface area (Å²) in [5, 5.41) is 8.63. The molecule has 7 heteroatoms. The summed E-state index contributed by atoms with van der Waals surface area (Å²) in [6.07, 6.45) is 0. The second-order valence-corrected chi connectivity index (χ2v) is 4.61. The van der Waals surface area contributed by atoms with Crippen molar-refractivity contribution < 1.29 is 23.4 Å². The average Bonchev–Trinajstić information content (AvgIpc) is 2.20. The summed E-state index contributed by atoms with van der Waals surface area (Å²) in [5.74, 6) is -0.936. The van der Waals surface area contributed by atoms with Crippen molar-refractivity contribution in [2.24, 2.45) is 0 Å². The van der Waals surface area contributed by atoms with E-state index in [-0.39, 0.29) is 18.8 Å². The minimum atomic E-state index is -2.91. The SMILES string of the molecule is CN(CC(=O)O)Cc1cc(Br)ccc1OC(F)F. The highest BCUT2D eigenvalue weighted by Gasteiger charge is 2.13. The molecule has 1 aromatic carbocycles. The van der Waals surface area contributed by atoms with Gasteiger partial charge in [0.05, 0.1) is 6.54 Å². The Morgan fingerprint density at radius 2 is 2.22 bits per heavy atom. The fraction of sp³-hybridized carbons (Fsp3) is 0.364. The molecule has 0 heterocycles. The first-order valence-corrected chi connectivity index (χ1v) is 5.81. The van der Waals surface area contributed by atoms with Crippen molar-refractivity contribution >= 4 is 21.9 Å². The van der Waals surface area contributed by atoms with Crippen LogP contribution >= 0.6 is 15.9 Å². The second kappa shape index (κ2) is 6.65. The fourth-order valence-corrected chi connectivity index (χ4v) is 1.87. The molecular weight excluding hydrogens is 312 g/mol. The van der Waals surface area contributed by atoms with Crippen LogP contribution in [0.25, 0.3) is 0 Å². The summed E-state index contributed by atoms with van der Waals surface area (Å²) in [4.78, 5) is 12.0. The van der Waals surface area contributed by atoms with Crippen LogP contribution in [0.1, 0.15) is 5.56 Å². The summed E-state index contributed by atoms with van der Waals surface area (Å²) in [6, 6.07) is 4.62. The van der Waals surface area contributed by atoms with Gasteiger partial charge in [0, 0.05) is 16.6 Å². The van der Waals surface area contributed by atoms with E-state index in [0.29, 0.717) is 10.0 Å². The topological polar surface area (TPSA) is 49.8 Å². The first-order valence-electron chi connectivity index (χ1n) is 5.02. The van der Waals surface area contributed by atoms with Crippen LogP contribution in [-0.2, 0) is 11.3 Å². The van der Waals surface area contributed by atoms with Gasteiger partial charge in [-0.15, -0.1) is 0 Å². The van der Waals surface area contributed by atoms with Crippen LogP contribution in [0.3, 0.4) is 0 Å². The first-order chi connectivity index (χ1) is 8.38. The van der Waals surface area contributed by atoms with Crippen LogP contribution in [0, 0.1) is 0 Å². The van der Waals surface area contributed by atoms with Gasteiger partial charge in [-0.2, -0.15) is 8.78 Å². The van der Waals surface area contributed by atoms with Crippen LogP contribution in [0.5, 0.6) is 5.75 Å². The molecule has 0 saturated carbocycles. The fourth-order valence-electron chi connectivity index (χ4n) is 1.46. The van der Waals surface area contributed by atoms with Crippen molar-refractivity contribution in [2.45, 2.75) is 13.2 Å². The molecule has 0 unspecified atom stereocenters. The number of carboxylic acids is 1. The Hall–Kier alpha value is -1.21. The summed E-state index contributed by atoms with van der Waals surface area (Å²) in [5.41, 5.74) is 0.494. The number of benzene rings is 1. The standard InChI is InChI=1S/C11H12BrF2NO3/c1-15(6-10(16)17)5-7-4-8(12)2-3-9(7)18-11(13)14/h2-4,11H,5-6H2,1H3,(H,16,17). The van der Waals surface area contributed by atoms with E-state index in [2.05, 4.69) is 20.7 Å². The molecule has 0 aliphatic rings. The summed E-state index contributed by atoms with van der Waals surface area (Å²) >= 11 is 3.23. The Labute approximate surface area is 111 Å². The molecule has 0 aromatic heterocycles. The zero-order valence-electron chi connectivity index (χ0n) is 9.57. The molecule has 0 atom stereocenters. The highest BCUT2D eigenvalue weighted by Crippen LogP contribution is 2.25. The Morgan fingerprint density at radius 1 is 1.56 bits per heavy atom. The van der Waals surface area contributed by atoms with Gasteiger partial charge in [-0.25, -0.2) is 0 Å². The molecule has 1 N–H and O–H groups in total. The lowest BCUT2D eigenvalue weighted by molar-refractivity contribution is -0.138. The van der Waals surface area contributed by atoms with E-state index >= 15 is 0 Å². The van der Waals surface area contributed by atoms with Gasteiger partial charge in [-0.1, -0.05) is 15.9 Å². The predicted molar refractivity (Wildman–Crippen MR) is 64.7 cm³/mol. The molecule has 0 amide bonds. The lowest BCUT2D eigenvalue weighted by Crippen LogP contribution is -2.25. The second-order valence-electron chi connectivity index (χ2n) is 3.70. The number of hydrogen-bond donors (Lipinski definition) is 1. The van der Waals surface area contributed by atoms with Gasteiger partial charge in [-0.05, 0) is 25.2 Å². The van der Waals surface area contributed by atoms with Gasteiger partial charge in [0.1, 0.15) is 5.75 Å². The highest BCUT2D eigenvalue weighted by atomic mass is 79.9. The maximum Gasteiger partial charge on any atom is 0.387 e. The molecule has 0 saturated heterocycles. The smallest absolute Gasteiger partial charge is 0.387 e. The minimum absolute atomic E-state index is 0.0467. The van der Waals surface area contributed by atoms with E-state index in [9.17, 15) is 13.6 Å². The minimum Gasteiger partial charge on any atom is -0.480 e. The molecule has 4 nitrogen and oxygen atoms in total. The Bertz CT molecular complexity index is 429. The van der Waals surface area contributed by atoms with Crippen molar-refractivity contribution in [1.29, 1.82) is 0 Å². The number of alkyl halides is 2. The number of hydrogen-bond acceptors (Lipinski definition) is 3. The van der Waals surface area contributed by atoms with Gasteiger partial charge in [-0.3, -0.25) is 9.69 Å². The van der Waals surface area contributed by atoms with E-state index < -0.39 is 12.6 Å². The lowest BCUT2D eigenvalue weighted by atomic mass is 10.2. The number of carbonyl (C=O) groups is 1. The summed E-state index contributed by atoms with van der Waals surface area (Å²) in [7, 11) is 1.58. The van der Waals surface area contributed by atoms with Crippen molar-refractivity contribution in [3.8, 4) is 5.75 Å². The van der Waals surface area contributed by atoms with Crippen molar-refractivity contribution in [2.75, 3.05) is 13.6 Å². The third kappa shape index (κ3) is 4.97. The number of aliphatic carboxylic acids is 1. The van der Waals surface area contributed by atoms with Crippen molar-refractivity contribution in [3.63, 3.8) is 0 Å². The summed E-state index contributed by atoms with van der Waals surface area (Å²) in [6.45, 7) is -2.89. The number of rotatable bonds is 6. The molecular formula is C11H12BrF2NO3. The van der Waals surface area contributed by atoms with Crippen LogP contribution < -0.4 is 4.74 Å². The molecule has 0 aliphatic heterocycles.